The zero-order chi connectivity index (χ0) is 17.4. The molecule has 122 valence electrons. The van der Waals surface area contributed by atoms with Crippen LogP contribution in [0.2, 0.25) is 5.02 Å². The second-order valence-electron chi connectivity index (χ2n) is 5.71. The molecule has 4 aromatic rings. The molecule has 2 aromatic heterocycles. The van der Waals surface area contributed by atoms with Crippen molar-refractivity contribution in [3.05, 3.63) is 87.8 Å². The van der Waals surface area contributed by atoms with Gasteiger partial charge in [-0.15, -0.1) is 0 Å². The van der Waals surface area contributed by atoms with Crippen molar-refractivity contribution in [2.75, 3.05) is 0 Å². The van der Waals surface area contributed by atoms with Crippen LogP contribution >= 0.6 is 11.6 Å². The third-order valence-electron chi connectivity index (χ3n) is 3.99. The molecular formula is C20H14ClN3O. The lowest BCUT2D eigenvalue weighted by atomic mass is 10.1. The molecule has 0 aliphatic heterocycles. The van der Waals surface area contributed by atoms with Crippen LogP contribution in [0.5, 0.6) is 0 Å². The number of pyridine rings is 1. The van der Waals surface area contributed by atoms with Crippen LogP contribution in [-0.2, 0) is 0 Å². The third-order valence-corrected chi connectivity index (χ3v) is 4.32. The van der Waals surface area contributed by atoms with Crippen molar-refractivity contribution in [2.45, 2.75) is 6.92 Å². The van der Waals surface area contributed by atoms with Gasteiger partial charge in [0.2, 0.25) is 0 Å². The van der Waals surface area contributed by atoms with Crippen LogP contribution in [-0.4, -0.2) is 14.5 Å². The normalized spacial score (nSPS) is 11.0. The monoisotopic (exact) mass is 347 g/mol. The predicted molar refractivity (Wildman–Crippen MR) is 100 cm³/mol. The summed E-state index contributed by atoms with van der Waals surface area (Å²) >= 11 is 6.38. The fourth-order valence-electron chi connectivity index (χ4n) is 2.82. The molecular weight excluding hydrogens is 334 g/mol. The minimum absolute atomic E-state index is 0.168. The van der Waals surface area contributed by atoms with Crippen LogP contribution in [0, 0.1) is 6.92 Å². The Balaban J connectivity index is 2.16. The van der Waals surface area contributed by atoms with E-state index >= 15 is 0 Å². The number of hydrogen-bond acceptors (Lipinski definition) is 3. The number of nitrogens with zero attached hydrogens (tertiary/aromatic N) is 3. The molecule has 5 heteroatoms. The van der Waals surface area contributed by atoms with E-state index in [0.717, 1.165) is 5.69 Å². The molecule has 0 bridgehead atoms. The van der Waals surface area contributed by atoms with E-state index in [1.54, 1.807) is 18.2 Å². The predicted octanol–water partition coefficient (Wildman–Crippen LogP) is 4.41. The van der Waals surface area contributed by atoms with Gasteiger partial charge in [0, 0.05) is 11.3 Å². The molecule has 2 heterocycles. The number of halogens is 1. The molecule has 4 rings (SSSR count). The number of fused-ring (bicyclic) bond motifs is 1. The molecule has 25 heavy (non-hydrogen) atoms. The molecule has 0 saturated heterocycles. The molecule has 0 radical (unpaired) electrons. The maximum Gasteiger partial charge on any atom is 0.267 e. The van der Waals surface area contributed by atoms with Gasteiger partial charge in [-0.3, -0.25) is 4.79 Å². The SMILES string of the molecule is Cc1cccc(-n2c(-c3ccccc3Cl)nc3ccccc3c2=O)n1. The zero-order valence-corrected chi connectivity index (χ0v) is 14.2. The number of hydrogen-bond donors (Lipinski definition) is 0. The second-order valence-corrected chi connectivity index (χ2v) is 6.12. The fraction of sp³-hybridized carbons (Fsp3) is 0.0500. The minimum atomic E-state index is -0.168. The Hall–Kier alpha value is -2.98. The van der Waals surface area contributed by atoms with Gasteiger partial charge in [-0.1, -0.05) is 41.9 Å². The molecule has 0 fully saturated rings. The molecule has 2 aromatic carbocycles. The zero-order valence-electron chi connectivity index (χ0n) is 13.5. The number of para-hydroxylation sites is 1. The van der Waals surface area contributed by atoms with E-state index in [1.165, 1.54) is 4.57 Å². The second kappa shape index (κ2) is 6.15. The number of aromatic nitrogens is 3. The van der Waals surface area contributed by atoms with Crippen LogP contribution in [0.1, 0.15) is 5.69 Å². The Kier molecular flexibility index (Phi) is 3.82. The van der Waals surface area contributed by atoms with Gasteiger partial charge in [-0.25, -0.2) is 14.5 Å². The van der Waals surface area contributed by atoms with Gasteiger partial charge in [0.15, 0.2) is 5.82 Å². The van der Waals surface area contributed by atoms with Gasteiger partial charge in [0.05, 0.1) is 15.9 Å². The summed E-state index contributed by atoms with van der Waals surface area (Å²) in [5.74, 6) is 1.01. The maximum atomic E-state index is 13.2. The Morgan fingerprint density at radius 1 is 0.880 bits per heavy atom. The Bertz CT molecular complexity index is 1150. The molecule has 0 spiro atoms. The van der Waals surface area contributed by atoms with Crippen molar-refractivity contribution in [1.29, 1.82) is 0 Å². The lowest BCUT2D eigenvalue weighted by Gasteiger charge is -2.14. The highest BCUT2D eigenvalue weighted by Crippen LogP contribution is 2.27. The first-order valence-electron chi connectivity index (χ1n) is 7.86. The minimum Gasteiger partial charge on any atom is -0.268 e. The third kappa shape index (κ3) is 2.71. The molecule has 0 atom stereocenters. The van der Waals surface area contributed by atoms with Gasteiger partial charge < -0.3 is 0 Å². The van der Waals surface area contributed by atoms with Crippen molar-refractivity contribution in [3.63, 3.8) is 0 Å². The lowest BCUT2D eigenvalue weighted by Crippen LogP contribution is -2.23. The van der Waals surface area contributed by atoms with Crippen molar-refractivity contribution in [3.8, 4) is 17.2 Å². The summed E-state index contributed by atoms with van der Waals surface area (Å²) in [5, 5.41) is 1.08. The summed E-state index contributed by atoms with van der Waals surface area (Å²) in [6, 6.07) is 20.2. The topological polar surface area (TPSA) is 47.8 Å². The highest BCUT2D eigenvalue weighted by molar-refractivity contribution is 6.33. The molecule has 0 aliphatic carbocycles. The van der Waals surface area contributed by atoms with Crippen molar-refractivity contribution < 1.29 is 0 Å². The molecule has 0 N–H and O–H groups in total. The number of aryl methyl sites for hydroxylation is 1. The average molecular weight is 348 g/mol. The molecule has 4 nitrogen and oxygen atoms in total. The van der Waals surface area contributed by atoms with E-state index in [1.807, 2.05) is 55.5 Å². The largest absolute Gasteiger partial charge is 0.268 e. The van der Waals surface area contributed by atoms with Crippen LogP contribution in [0.4, 0.5) is 0 Å². The van der Waals surface area contributed by atoms with Crippen molar-refractivity contribution >= 4 is 22.5 Å². The van der Waals surface area contributed by atoms with E-state index in [2.05, 4.69) is 4.98 Å². The van der Waals surface area contributed by atoms with E-state index in [9.17, 15) is 4.79 Å². The molecule has 0 saturated carbocycles. The Morgan fingerprint density at radius 3 is 2.44 bits per heavy atom. The summed E-state index contributed by atoms with van der Waals surface area (Å²) in [4.78, 5) is 22.4. The summed E-state index contributed by atoms with van der Waals surface area (Å²) < 4.78 is 1.52. The average Bonchev–Trinajstić information content (AvgIpc) is 2.62. The highest BCUT2D eigenvalue weighted by atomic mass is 35.5. The van der Waals surface area contributed by atoms with E-state index in [-0.39, 0.29) is 5.56 Å². The van der Waals surface area contributed by atoms with Gasteiger partial charge >= 0.3 is 0 Å². The van der Waals surface area contributed by atoms with Gasteiger partial charge in [-0.05, 0) is 43.3 Å². The highest BCUT2D eigenvalue weighted by Gasteiger charge is 2.16. The van der Waals surface area contributed by atoms with Crippen molar-refractivity contribution in [2.24, 2.45) is 0 Å². The van der Waals surface area contributed by atoms with E-state index in [0.29, 0.717) is 33.1 Å². The van der Waals surface area contributed by atoms with Crippen LogP contribution < -0.4 is 5.56 Å². The molecule has 0 amide bonds. The van der Waals surface area contributed by atoms with Gasteiger partial charge in [0.1, 0.15) is 5.82 Å². The summed E-state index contributed by atoms with van der Waals surface area (Å²) in [7, 11) is 0. The molecule has 0 aliphatic rings. The van der Waals surface area contributed by atoms with E-state index < -0.39 is 0 Å². The van der Waals surface area contributed by atoms with Crippen LogP contribution in [0.15, 0.2) is 71.5 Å². The Labute approximate surface area is 149 Å². The number of rotatable bonds is 2. The lowest BCUT2D eigenvalue weighted by molar-refractivity contribution is 0.922. The van der Waals surface area contributed by atoms with E-state index in [4.69, 9.17) is 16.6 Å². The Morgan fingerprint density at radius 2 is 1.64 bits per heavy atom. The standard InChI is InChI=1S/C20H14ClN3O/c1-13-7-6-12-18(22-13)24-19(14-8-2-4-10-16(14)21)23-17-11-5-3-9-15(17)20(24)25/h2-12H,1H3. The molecule has 0 unspecified atom stereocenters. The van der Waals surface area contributed by atoms with Crippen molar-refractivity contribution in [1.82, 2.24) is 14.5 Å². The number of benzene rings is 2. The maximum absolute atomic E-state index is 13.2. The summed E-state index contributed by atoms with van der Waals surface area (Å²) in [6.45, 7) is 1.89. The summed E-state index contributed by atoms with van der Waals surface area (Å²) in [5.41, 5.74) is 1.97. The fourth-order valence-corrected chi connectivity index (χ4v) is 3.04. The van der Waals surface area contributed by atoms with Crippen LogP contribution in [0.25, 0.3) is 28.1 Å². The van der Waals surface area contributed by atoms with Gasteiger partial charge in [0.25, 0.3) is 5.56 Å². The quantitative estimate of drug-likeness (QED) is 0.539. The first-order valence-corrected chi connectivity index (χ1v) is 8.24. The first kappa shape index (κ1) is 15.5. The van der Waals surface area contributed by atoms with Gasteiger partial charge in [-0.2, -0.15) is 0 Å². The van der Waals surface area contributed by atoms with Crippen LogP contribution in [0.3, 0.4) is 0 Å². The smallest absolute Gasteiger partial charge is 0.267 e. The first-order chi connectivity index (χ1) is 12.1. The summed E-state index contributed by atoms with van der Waals surface area (Å²) in [6.07, 6.45) is 0.